The molecule has 3 atom stereocenters. The molecule has 2 rings (SSSR count). The lowest BCUT2D eigenvalue weighted by molar-refractivity contribution is -0.0264. The molecule has 3 unspecified atom stereocenters. The number of ether oxygens (including phenoxy) is 1. The summed E-state index contributed by atoms with van der Waals surface area (Å²) in [4.78, 5) is 6.81. The Bertz CT molecular complexity index is 421. The molecule has 114 valence electrons. The molecule has 1 aromatic heterocycles. The Balaban J connectivity index is 2.14. The maximum Gasteiger partial charge on any atom is 0.231 e. The monoisotopic (exact) mass is 282 g/mol. The van der Waals surface area contributed by atoms with Gasteiger partial charge in [-0.15, -0.1) is 0 Å². The predicted octanol–water partition coefficient (Wildman–Crippen LogP) is 1.42. The molecule has 1 saturated heterocycles. The topological polar surface area (TPSA) is 63.4 Å². The molecule has 6 nitrogen and oxygen atoms in total. The lowest BCUT2D eigenvalue weighted by Gasteiger charge is -2.28. The van der Waals surface area contributed by atoms with Crippen molar-refractivity contribution >= 4 is 0 Å². The summed E-state index contributed by atoms with van der Waals surface area (Å²) in [6.07, 6.45) is -0.0797. The van der Waals surface area contributed by atoms with E-state index in [0.717, 1.165) is 13.1 Å². The number of nitrogens with zero attached hydrogens (tertiary/aromatic N) is 3. The van der Waals surface area contributed by atoms with E-state index >= 15 is 0 Å². The highest BCUT2D eigenvalue weighted by Gasteiger charge is 2.30. The van der Waals surface area contributed by atoms with E-state index in [1.807, 2.05) is 7.05 Å². The highest BCUT2D eigenvalue weighted by molar-refractivity contribution is 5.02. The number of rotatable bonds is 5. The Labute approximate surface area is 120 Å². The first-order valence-electron chi connectivity index (χ1n) is 7.33. The van der Waals surface area contributed by atoms with Crippen LogP contribution in [0.4, 0.5) is 0 Å². The van der Waals surface area contributed by atoms with E-state index in [1.54, 1.807) is 0 Å². The van der Waals surface area contributed by atoms with Crippen molar-refractivity contribution in [1.29, 1.82) is 0 Å². The van der Waals surface area contributed by atoms with E-state index in [0.29, 0.717) is 30.3 Å². The Morgan fingerprint density at radius 1 is 1.35 bits per heavy atom. The summed E-state index contributed by atoms with van der Waals surface area (Å²) in [6.45, 7) is 8.96. The minimum atomic E-state index is -0.0797. The molecule has 6 heteroatoms. The lowest BCUT2D eigenvalue weighted by atomic mass is 9.89. The molecule has 0 spiro atoms. The molecule has 1 fully saturated rings. The van der Waals surface area contributed by atoms with Gasteiger partial charge in [0.25, 0.3) is 0 Å². The third kappa shape index (κ3) is 3.37. The average molecular weight is 282 g/mol. The van der Waals surface area contributed by atoms with Crippen molar-refractivity contribution < 1.29 is 9.26 Å². The van der Waals surface area contributed by atoms with Gasteiger partial charge in [-0.2, -0.15) is 4.98 Å². The second kappa shape index (κ2) is 6.65. The zero-order valence-electron chi connectivity index (χ0n) is 13.1. The van der Waals surface area contributed by atoms with Gasteiger partial charge in [0.2, 0.25) is 11.7 Å². The fourth-order valence-corrected chi connectivity index (χ4v) is 2.70. The van der Waals surface area contributed by atoms with Gasteiger partial charge < -0.3 is 19.5 Å². The van der Waals surface area contributed by atoms with Crippen molar-refractivity contribution in [3.8, 4) is 0 Å². The Kier molecular flexibility index (Phi) is 5.12. The van der Waals surface area contributed by atoms with Gasteiger partial charge in [0.15, 0.2) is 0 Å². The van der Waals surface area contributed by atoms with E-state index in [-0.39, 0.29) is 12.0 Å². The smallest absolute Gasteiger partial charge is 0.231 e. The van der Waals surface area contributed by atoms with Crippen LogP contribution in [0, 0.1) is 5.92 Å². The second-order valence-electron chi connectivity index (χ2n) is 5.96. The van der Waals surface area contributed by atoms with Crippen molar-refractivity contribution in [3.05, 3.63) is 11.7 Å². The summed E-state index contributed by atoms with van der Waals surface area (Å²) in [5.41, 5.74) is 0. The molecule has 1 aromatic rings. The number of hydrogen-bond acceptors (Lipinski definition) is 6. The van der Waals surface area contributed by atoms with Gasteiger partial charge in [0, 0.05) is 19.1 Å². The van der Waals surface area contributed by atoms with Crippen LogP contribution in [0.1, 0.15) is 44.5 Å². The summed E-state index contributed by atoms with van der Waals surface area (Å²) in [6, 6.07) is 0.290. The van der Waals surface area contributed by atoms with Crippen LogP contribution >= 0.6 is 0 Å². The SMILES string of the molecule is CNC(C)C(c1nc(C2CN(C)CCO2)no1)C(C)C. The van der Waals surface area contributed by atoms with Crippen LogP contribution in [0.2, 0.25) is 0 Å². The van der Waals surface area contributed by atoms with Crippen LogP contribution in [0.15, 0.2) is 4.52 Å². The van der Waals surface area contributed by atoms with Gasteiger partial charge in [0.05, 0.1) is 12.5 Å². The number of hydrogen-bond donors (Lipinski definition) is 1. The first-order valence-corrected chi connectivity index (χ1v) is 7.33. The zero-order chi connectivity index (χ0) is 14.7. The van der Waals surface area contributed by atoms with E-state index < -0.39 is 0 Å². The standard InChI is InChI=1S/C14H26N4O2/c1-9(2)12(10(3)15-4)14-16-13(17-20-14)11-8-18(5)6-7-19-11/h9-12,15H,6-8H2,1-5H3. The van der Waals surface area contributed by atoms with Crippen LogP contribution in [-0.4, -0.2) is 54.9 Å². The van der Waals surface area contributed by atoms with Gasteiger partial charge in [-0.3, -0.25) is 0 Å². The van der Waals surface area contributed by atoms with E-state index in [4.69, 9.17) is 9.26 Å². The van der Waals surface area contributed by atoms with Crippen molar-refractivity contribution in [3.63, 3.8) is 0 Å². The normalized spacial score (nSPS) is 24.0. The first kappa shape index (κ1) is 15.4. The van der Waals surface area contributed by atoms with Crippen LogP contribution < -0.4 is 5.32 Å². The minimum absolute atomic E-state index is 0.0797. The third-order valence-electron chi connectivity index (χ3n) is 4.01. The van der Waals surface area contributed by atoms with Gasteiger partial charge >= 0.3 is 0 Å². The molecule has 0 amide bonds. The van der Waals surface area contributed by atoms with Crippen molar-refractivity contribution in [1.82, 2.24) is 20.4 Å². The summed E-state index contributed by atoms with van der Waals surface area (Å²) in [7, 11) is 4.03. The lowest BCUT2D eigenvalue weighted by Crippen LogP contribution is -2.36. The molecule has 1 aliphatic heterocycles. The highest BCUT2D eigenvalue weighted by atomic mass is 16.5. The fraction of sp³-hybridized carbons (Fsp3) is 0.857. The maximum atomic E-state index is 5.73. The van der Waals surface area contributed by atoms with Crippen LogP contribution in [0.5, 0.6) is 0 Å². The van der Waals surface area contributed by atoms with Crippen LogP contribution in [-0.2, 0) is 4.74 Å². The first-order chi connectivity index (χ1) is 9.52. The van der Waals surface area contributed by atoms with Crippen molar-refractivity contribution in [2.45, 2.75) is 38.8 Å². The molecule has 0 aliphatic carbocycles. The predicted molar refractivity (Wildman–Crippen MR) is 76.6 cm³/mol. The van der Waals surface area contributed by atoms with Gasteiger partial charge in [-0.25, -0.2) is 0 Å². The summed E-state index contributed by atoms with van der Waals surface area (Å²) in [5, 5.41) is 7.40. The van der Waals surface area contributed by atoms with Gasteiger partial charge in [-0.1, -0.05) is 19.0 Å². The molecule has 0 radical (unpaired) electrons. The molecule has 0 aromatic carbocycles. The van der Waals surface area contributed by atoms with Crippen molar-refractivity contribution in [2.75, 3.05) is 33.8 Å². The van der Waals surface area contributed by atoms with Gasteiger partial charge in [-0.05, 0) is 26.9 Å². The van der Waals surface area contributed by atoms with E-state index in [1.165, 1.54) is 0 Å². The molecule has 0 saturated carbocycles. The largest absolute Gasteiger partial charge is 0.367 e. The van der Waals surface area contributed by atoms with E-state index in [9.17, 15) is 0 Å². The molecule has 1 aliphatic rings. The molecule has 1 N–H and O–H groups in total. The number of aromatic nitrogens is 2. The Morgan fingerprint density at radius 3 is 2.70 bits per heavy atom. The second-order valence-corrected chi connectivity index (χ2v) is 5.96. The fourth-order valence-electron chi connectivity index (χ4n) is 2.70. The third-order valence-corrected chi connectivity index (χ3v) is 4.01. The van der Waals surface area contributed by atoms with Gasteiger partial charge in [0.1, 0.15) is 6.10 Å². The summed E-state index contributed by atoms with van der Waals surface area (Å²) < 4.78 is 11.2. The van der Waals surface area contributed by atoms with E-state index in [2.05, 4.69) is 48.2 Å². The quantitative estimate of drug-likeness (QED) is 0.881. The molecular weight excluding hydrogens is 256 g/mol. The molecular formula is C14H26N4O2. The highest BCUT2D eigenvalue weighted by Crippen LogP contribution is 2.28. The molecule has 2 heterocycles. The van der Waals surface area contributed by atoms with Crippen molar-refractivity contribution in [2.24, 2.45) is 5.92 Å². The minimum Gasteiger partial charge on any atom is -0.367 e. The molecule has 20 heavy (non-hydrogen) atoms. The number of likely N-dealkylation sites (N-methyl/N-ethyl adjacent to an activating group) is 2. The number of morpholine rings is 1. The Morgan fingerprint density at radius 2 is 2.10 bits per heavy atom. The maximum absolute atomic E-state index is 5.73. The van der Waals surface area contributed by atoms with Crippen LogP contribution in [0.25, 0.3) is 0 Å². The average Bonchev–Trinajstić information content (AvgIpc) is 2.87. The number of nitrogens with one attached hydrogen (secondary N) is 1. The molecule has 0 bridgehead atoms. The summed E-state index contributed by atoms with van der Waals surface area (Å²) in [5.74, 6) is 2.01. The van der Waals surface area contributed by atoms with Crippen LogP contribution in [0.3, 0.4) is 0 Å². The summed E-state index contributed by atoms with van der Waals surface area (Å²) >= 11 is 0. The zero-order valence-corrected chi connectivity index (χ0v) is 13.1. The Hall–Kier alpha value is -0.980.